The van der Waals surface area contributed by atoms with Crippen LogP contribution in [-0.2, 0) is 9.16 Å². The Morgan fingerprint density at radius 3 is 1.40 bits per heavy atom. The molecule has 8 rings (SSSR count). The molecule has 13 heteroatoms. The van der Waals surface area contributed by atoms with E-state index in [4.69, 9.17) is 9.16 Å². The molecule has 2 aliphatic carbocycles. The minimum Gasteiger partial charge on any atom is -0.478 e. The zero-order valence-electron chi connectivity index (χ0n) is 49.1. The number of hydrogen-bond donors (Lipinski definition) is 2. The number of carbonyl (C=O) groups excluding carboxylic acids is 1. The van der Waals surface area contributed by atoms with E-state index in [1.165, 1.54) is 43.2 Å². The first-order valence-corrected chi connectivity index (χ1v) is 30.6. The predicted molar refractivity (Wildman–Crippen MR) is 321 cm³/mol. The summed E-state index contributed by atoms with van der Waals surface area (Å²) in [7, 11) is 7.53. The van der Waals surface area contributed by atoms with Gasteiger partial charge in [-0.1, -0.05) is 105 Å². The molecule has 2 heterocycles. The quantitative estimate of drug-likeness (QED) is 0.0638. The SMILES string of the molecule is CCN(c1cc(C#CCN2CC(O)C2)cc(C(=O)O)c1C)C1CCC(N(C)C)CC1.CCN(c1cc(C#CCN2CC(O[Si](c3ccccc3)(c3ccccc3)C(C)(C)C)C2)cc(C(=O)OC)c1C)C1CCC(N(C)C)CC1. The molecule has 0 unspecified atom stereocenters. The summed E-state index contributed by atoms with van der Waals surface area (Å²) in [6, 6.07) is 31.7. The van der Waals surface area contributed by atoms with Gasteiger partial charge in [0.05, 0.1) is 43.5 Å². The highest BCUT2D eigenvalue weighted by Gasteiger charge is 2.52. The van der Waals surface area contributed by atoms with E-state index >= 15 is 0 Å². The minimum atomic E-state index is -2.58. The average molecular weight is 1080 g/mol. The van der Waals surface area contributed by atoms with E-state index < -0.39 is 14.3 Å². The van der Waals surface area contributed by atoms with E-state index in [-0.39, 0.29) is 23.2 Å². The average Bonchev–Trinajstić information content (AvgIpc) is 3.42. The Kier molecular flexibility index (Phi) is 20.9. The van der Waals surface area contributed by atoms with Gasteiger partial charge in [0.15, 0.2) is 0 Å². The molecular formula is C65H90N6O6Si. The molecule has 2 saturated carbocycles. The van der Waals surface area contributed by atoms with Crippen molar-refractivity contribution in [3.05, 3.63) is 118 Å². The van der Waals surface area contributed by atoms with Crippen LogP contribution >= 0.6 is 0 Å². The van der Waals surface area contributed by atoms with Gasteiger partial charge in [0.25, 0.3) is 8.32 Å². The van der Waals surface area contributed by atoms with Gasteiger partial charge >= 0.3 is 11.9 Å². The summed E-state index contributed by atoms with van der Waals surface area (Å²) < 4.78 is 12.5. The number of aliphatic hydroxyl groups is 1. The molecule has 12 nitrogen and oxygen atoms in total. The normalized spacial score (nSPS) is 20.2. The molecule has 420 valence electrons. The van der Waals surface area contributed by atoms with E-state index in [0.717, 1.165) is 85.5 Å². The molecule has 4 aromatic rings. The zero-order valence-corrected chi connectivity index (χ0v) is 50.1. The summed E-state index contributed by atoms with van der Waals surface area (Å²) in [5, 5.41) is 21.7. The molecular weight excluding hydrogens is 989 g/mol. The van der Waals surface area contributed by atoms with Crippen molar-refractivity contribution >= 4 is 42.0 Å². The van der Waals surface area contributed by atoms with Gasteiger partial charge in [-0.05, 0) is 158 Å². The number of anilines is 2. The summed E-state index contributed by atoms with van der Waals surface area (Å²) in [5.74, 6) is 11.9. The first-order chi connectivity index (χ1) is 37.3. The third kappa shape index (κ3) is 14.3. The highest BCUT2D eigenvalue weighted by Crippen LogP contribution is 2.39. The van der Waals surface area contributed by atoms with E-state index in [9.17, 15) is 19.8 Å². The number of rotatable bonds is 16. The van der Waals surface area contributed by atoms with Crippen LogP contribution in [0.15, 0.2) is 84.9 Å². The molecule has 2 N–H and O–H groups in total. The fraction of sp³-hybridized carbons (Fsp3) is 0.538. The molecule has 4 aliphatic rings. The van der Waals surface area contributed by atoms with Crippen molar-refractivity contribution in [2.24, 2.45) is 0 Å². The smallest absolute Gasteiger partial charge is 0.338 e. The van der Waals surface area contributed by atoms with Gasteiger partial charge in [0.2, 0.25) is 0 Å². The van der Waals surface area contributed by atoms with Crippen molar-refractivity contribution in [1.82, 2.24) is 19.6 Å². The van der Waals surface area contributed by atoms with Crippen molar-refractivity contribution in [3.8, 4) is 23.7 Å². The number of hydrogen-bond acceptors (Lipinski definition) is 11. The van der Waals surface area contributed by atoms with Crippen molar-refractivity contribution in [1.29, 1.82) is 0 Å². The van der Waals surface area contributed by atoms with Crippen LogP contribution in [0.3, 0.4) is 0 Å². The lowest BCUT2D eigenvalue weighted by molar-refractivity contribution is 0.0111. The Balaban J connectivity index is 0.000000252. The van der Waals surface area contributed by atoms with Crippen LogP contribution in [0.5, 0.6) is 0 Å². The van der Waals surface area contributed by atoms with Gasteiger partial charge in [-0.2, -0.15) is 0 Å². The van der Waals surface area contributed by atoms with Crippen LogP contribution in [0, 0.1) is 37.5 Å². The van der Waals surface area contributed by atoms with Gasteiger partial charge in [-0.15, -0.1) is 0 Å². The van der Waals surface area contributed by atoms with E-state index in [2.05, 4.69) is 189 Å². The van der Waals surface area contributed by atoms with Crippen LogP contribution in [0.4, 0.5) is 11.4 Å². The second-order valence-corrected chi connectivity index (χ2v) is 27.9. The lowest BCUT2D eigenvalue weighted by Crippen LogP contribution is -2.70. The number of esters is 1. The summed E-state index contributed by atoms with van der Waals surface area (Å²) in [6.45, 7) is 21.3. The number of aliphatic hydroxyl groups excluding tert-OH is 1. The van der Waals surface area contributed by atoms with Gasteiger partial charge in [-0.3, -0.25) is 9.80 Å². The molecule has 0 bridgehead atoms. The van der Waals surface area contributed by atoms with E-state index in [0.29, 0.717) is 61.5 Å². The van der Waals surface area contributed by atoms with Gasteiger partial charge < -0.3 is 39.0 Å². The summed E-state index contributed by atoms with van der Waals surface area (Å²) in [4.78, 5) is 38.8. The topological polar surface area (TPSA) is 112 Å². The fourth-order valence-corrected chi connectivity index (χ4v) is 17.2. The minimum absolute atomic E-state index is 0.0471. The number of aromatic carboxylic acids is 1. The number of ether oxygens (including phenoxy) is 1. The Morgan fingerprint density at radius 1 is 0.628 bits per heavy atom. The largest absolute Gasteiger partial charge is 0.478 e. The van der Waals surface area contributed by atoms with Crippen molar-refractivity contribution in [2.45, 2.75) is 141 Å². The lowest BCUT2D eigenvalue weighted by Gasteiger charge is -2.49. The highest BCUT2D eigenvalue weighted by atomic mass is 28.4. The Labute approximate surface area is 469 Å². The standard InChI is InChI=1S/C41H55N3O3Si.C24H35N3O3/c1-9-44(34-24-22-33(23-25-34)42(6)7)39-28-32(27-38(31(39)2)40(45)46-8)17-16-26-43-29-35(30-43)47-48(41(3,4)5,36-18-12-10-13-19-36)37-20-14-11-15-21-37;1-5-27(20-10-8-19(9-11-20)25(3)4)23-14-18(13-22(17(23)2)24(29)30)7-6-12-26-15-21(28)16-26/h10-15,18-21,27-28,33-35H,9,22-26,29-30H2,1-8H3;13-14,19-21,28H,5,8-12,15-16H2,1-4H3,(H,29,30). The van der Waals surface area contributed by atoms with Gasteiger partial charge in [-0.25, -0.2) is 9.59 Å². The number of nitrogens with zero attached hydrogens (tertiary/aromatic N) is 6. The number of carbonyl (C=O) groups is 2. The predicted octanol–water partition coefficient (Wildman–Crippen LogP) is 8.51. The van der Waals surface area contributed by atoms with E-state index in [1.807, 2.05) is 19.9 Å². The number of likely N-dealkylation sites (tertiary alicyclic amines) is 2. The third-order valence-electron chi connectivity index (χ3n) is 17.1. The number of methoxy groups -OCH3 is 1. The van der Waals surface area contributed by atoms with Gasteiger partial charge in [0.1, 0.15) is 0 Å². The second kappa shape index (κ2) is 27.1. The molecule has 4 aromatic carbocycles. The highest BCUT2D eigenvalue weighted by molar-refractivity contribution is 6.99. The maximum atomic E-state index is 12.9. The first-order valence-electron chi connectivity index (χ1n) is 28.6. The Hall–Kier alpha value is -5.48. The molecule has 78 heavy (non-hydrogen) atoms. The molecule has 2 saturated heterocycles. The first kappa shape index (κ1) is 60.2. The lowest BCUT2D eigenvalue weighted by atomic mass is 9.88. The van der Waals surface area contributed by atoms with Gasteiger partial charge in [0, 0.05) is 85.9 Å². The summed E-state index contributed by atoms with van der Waals surface area (Å²) >= 11 is 0. The van der Waals surface area contributed by atoms with E-state index in [1.54, 1.807) is 6.07 Å². The molecule has 2 aliphatic heterocycles. The number of benzene rings is 4. The molecule has 0 radical (unpaired) electrons. The maximum absolute atomic E-state index is 12.9. The van der Waals surface area contributed by atoms with Crippen LogP contribution in [0.2, 0.25) is 5.04 Å². The summed E-state index contributed by atoms with van der Waals surface area (Å²) in [5.41, 5.74) is 6.41. The number of β-amino-alcohol motifs (C(OH)–C–C–N with tert-alkyl or cyclic N) is 1. The van der Waals surface area contributed by atoms with Crippen molar-refractivity contribution in [2.75, 3.05) is 97.5 Å². The Bertz CT molecular complexity index is 2710. The second-order valence-electron chi connectivity index (χ2n) is 23.6. The molecule has 0 atom stereocenters. The third-order valence-corrected chi connectivity index (χ3v) is 22.2. The fourth-order valence-electron chi connectivity index (χ4n) is 12.6. The van der Waals surface area contributed by atoms with Crippen LogP contribution < -0.4 is 20.2 Å². The van der Waals surface area contributed by atoms with Crippen LogP contribution in [0.25, 0.3) is 0 Å². The molecule has 0 spiro atoms. The monoisotopic (exact) mass is 1080 g/mol. The number of carboxylic acid groups (broad SMARTS) is 1. The molecule has 0 amide bonds. The molecule has 4 fully saturated rings. The van der Waals surface area contributed by atoms with Crippen LogP contribution in [0.1, 0.15) is 129 Å². The Morgan fingerprint density at radius 2 is 1.03 bits per heavy atom. The zero-order chi connectivity index (χ0) is 56.3. The number of carboxylic acids is 1. The van der Waals surface area contributed by atoms with Crippen molar-refractivity contribution in [3.63, 3.8) is 0 Å². The summed E-state index contributed by atoms with van der Waals surface area (Å²) in [6.07, 6.45) is 9.14. The maximum Gasteiger partial charge on any atom is 0.338 e. The van der Waals surface area contributed by atoms with Crippen LogP contribution in [-0.4, -0.2) is 174 Å². The molecule has 0 aromatic heterocycles. The van der Waals surface area contributed by atoms with Crippen molar-refractivity contribution < 1.29 is 29.0 Å².